The predicted octanol–water partition coefficient (Wildman–Crippen LogP) is 2.49. The Balaban J connectivity index is 1.26. The Kier molecular flexibility index (Phi) is 4.02. The Morgan fingerprint density at radius 1 is 1.26 bits per heavy atom. The summed E-state index contributed by atoms with van der Waals surface area (Å²) < 4.78 is 32.4. The summed E-state index contributed by atoms with van der Waals surface area (Å²) in [5.74, 6) is -0.860. The van der Waals surface area contributed by atoms with Gasteiger partial charge in [-0.1, -0.05) is 0 Å². The van der Waals surface area contributed by atoms with Crippen LogP contribution in [0, 0.1) is 33.8 Å². The van der Waals surface area contributed by atoms with Gasteiger partial charge in [0.25, 0.3) is 0 Å². The molecule has 8 heteroatoms. The van der Waals surface area contributed by atoms with Crippen molar-refractivity contribution in [2.45, 2.75) is 25.8 Å². The normalized spacial score (nSPS) is 24.9. The maximum absolute atomic E-state index is 13.6. The van der Waals surface area contributed by atoms with Gasteiger partial charge in [-0.15, -0.1) is 0 Å². The molecule has 5 rings (SSSR count). The van der Waals surface area contributed by atoms with Crippen molar-refractivity contribution in [3.8, 4) is 11.9 Å². The first-order valence-corrected chi connectivity index (χ1v) is 8.51. The second-order valence-electron chi connectivity index (χ2n) is 7.37. The lowest BCUT2D eigenvalue weighted by Crippen LogP contribution is -2.69. The third-order valence-electron chi connectivity index (χ3n) is 5.34. The fourth-order valence-electron chi connectivity index (χ4n) is 4.11. The van der Waals surface area contributed by atoms with Crippen LogP contribution in [0.3, 0.4) is 0 Å². The molecule has 3 aliphatic rings. The number of carbonyl (C=O) groups excluding carboxylic acids is 1. The minimum absolute atomic E-state index is 0.0332. The lowest BCUT2D eigenvalue weighted by atomic mass is 9.35. The molecule has 3 fully saturated rings. The molecule has 3 aliphatic carbocycles. The smallest absolute Gasteiger partial charge is 0.232 e. The summed E-state index contributed by atoms with van der Waals surface area (Å²) in [7, 11) is 0. The number of aromatic nitrogens is 2. The summed E-state index contributed by atoms with van der Waals surface area (Å²) in [6.45, 7) is 0.398. The van der Waals surface area contributed by atoms with Crippen LogP contribution in [0.1, 0.15) is 30.5 Å². The number of carbonyl (C=O) groups is 1. The Morgan fingerprint density at radius 2 is 2.04 bits per heavy atom. The number of hydrogen-bond acceptors (Lipinski definition) is 5. The van der Waals surface area contributed by atoms with Crippen LogP contribution in [0.4, 0.5) is 8.78 Å². The van der Waals surface area contributed by atoms with Crippen LogP contribution in [-0.4, -0.2) is 22.5 Å². The molecule has 0 aliphatic heterocycles. The molecule has 2 bridgehead atoms. The van der Waals surface area contributed by atoms with E-state index in [1.165, 1.54) is 12.4 Å². The number of nitriles is 1. The summed E-state index contributed by atoms with van der Waals surface area (Å²) in [5.41, 5.74) is -0.119. The fourth-order valence-corrected chi connectivity index (χ4v) is 4.11. The van der Waals surface area contributed by atoms with Gasteiger partial charge in [0.15, 0.2) is 5.69 Å². The number of ether oxygens (including phenoxy) is 1. The summed E-state index contributed by atoms with van der Waals surface area (Å²) >= 11 is 0. The molecule has 0 saturated heterocycles. The van der Waals surface area contributed by atoms with Gasteiger partial charge in [-0.2, -0.15) is 5.26 Å². The molecule has 2 aromatic rings. The van der Waals surface area contributed by atoms with Crippen LogP contribution >= 0.6 is 0 Å². The van der Waals surface area contributed by atoms with E-state index in [0.29, 0.717) is 31.7 Å². The standard InChI is InChI=1S/C19H16F2N4O2/c20-13-1-2-15(21)12(3-13)5-25-17(26)19-8-18(9-19,10-19)11-27-16-7-23-14(4-22)6-24-16/h1-3,6-7H,5,8-11H2,(H,25,26). The van der Waals surface area contributed by atoms with Crippen molar-refractivity contribution in [2.75, 3.05) is 6.61 Å². The highest BCUT2D eigenvalue weighted by atomic mass is 19.1. The molecule has 27 heavy (non-hydrogen) atoms. The van der Waals surface area contributed by atoms with Gasteiger partial charge in [0.1, 0.15) is 17.7 Å². The first-order chi connectivity index (χ1) is 12.9. The van der Waals surface area contributed by atoms with E-state index in [9.17, 15) is 13.6 Å². The Morgan fingerprint density at radius 3 is 2.70 bits per heavy atom. The van der Waals surface area contributed by atoms with Crippen LogP contribution in [-0.2, 0) is 11.3 Å². The molecule has 138 valence electrons. The third kappa shape index (κ3) is 3.10. The van der Waals surface area contributed by atoms with E-state index in [1.54, 1.807) is 0 Å². The van der Waals surface area contributed by atoms with Crippen molar-refractivity contribution in [1.82, 2.24) is 15.3 Å². The zero-order chi connectivity index (χ0) is 19.1. The zero-order valence-electron chi connectivity index (χ0n) is 14.3. The number of rotatable bonds is 6. The average Bonchev–Trinajstić information content (AvgIpc) is 2.60. The largest absolute Gasteiger partial charge is 0.476 e. The highest BCUT2D eigenvalue weighted by molar-refractivity contribution is 5.86. The van der Waals surface area contributed by atoms with Gasteiger partial charge in [0.05, 0.1) is 24.4 Å². The Bertz CT molecular complexity index is 920. The number of amides is 1. The first kappa shape index (κ1) is 17.3. The van der Waals surface area contributed by atoms with Gasteiger partial charge >= 0.3 is 0 Å². The summed E-state index contributed by atoms with van der Waals surface area (Å²) in [6.07, 6.45) is 4.83. The van der Waals surface area contributed by atoms with Crippen LogP contribution in [0.25, 0.3) is 0 Å². The first-order valence-electron chi connectivity index (χ1n) is 8.51. The second-order valence-corrected chi connectivity index (χ2v) is 7.37. The topological polar surface area (TPSA) is 87.9 Å². The lowest BCUT2D eigenvalue weighted by Gasteiger charge is -2.68. The number of nitrogens with one attached hydrogen (secondary N) is 1. The van der Waals surface area contributed by atoms with Gasteiger partial charge in [-0.3, -0.25) is 4.79 Å². The fraction of sp³-hybridized carbons (Fsp3) is 0.368. The lowest BCUT2D eigenvalue weighted by molar-refractivity contribution is -0.217. The van der Waals surface area contributed by atoms with E-state index in [4.69, 9.17) is 10.00 Å². The molecule has 6 nitrogen and oxygen atoms in total. The molecule has 0 radical (unpaired) electrons. The molecular weight excluding hydrogens is 354 g/mol. The van der Waals surface area contributed by atoms with E-state index in [0.717, 1.165) is 18.2 Å². The van der Waals surface area contributed by atoms with Crippen molar-refractivity contribution in [3.05, 3.63) is 53.5 Å². The van der Waals surface area contributed by atoms with Gasteiger partial charge < -0.3 is 10.1 Å². The van der Waals surface area contributed by atoms with E-state index in [1.807, 2.05) is 6.07 Å². The molecule has 0 spiro atoms. The van der Waals surface area contributed by atoms with E-state index >= 15 is 0 Å². The minimum atomic E-state index is -0.539. The van der Waals surface area contributed by atoms with Crippen LogP contribution < -0.4 is 10.1 Å². The Hall–Kier alpha value is -3.08. The molecule has 1 aromatic carbocycles. The number of hydrogen-bond donors (Lipinski definition) is 1. The molecule has 1 N–H and O–H groups in total. The summed E-state index contributed by atoms with van der Waals surface area (Å²) in [4.78, 5) is 20.3. The SMILES string of the molecule is N#Cc1cnc(OCC23CC(C(=O)NCc4cc(F)ccc4F)(C2)C3)cn1. The molecule has 1 amide bonds. The van der Waals surface area contributed by atoms with Gasteiger partial charge in [0, 0.05) is 17.5 Å². The second kappa shape index (κ2) is 6.27. The maximum Gasteiger partial charge on any atom is 0.232 e. The molecule has 3 saturated carbocycles. The highest BCUT2D eigenvalue weighted by Crippen LogP contribution is 2.73. The summed E-state index contributed by atoms with van der Waals surface area (Å²) in [5, 5.41) is 11.4. The van der Waals surface area contributed by atoms with Crippen molar-refractivity contribution < 1.29 is 18.3 Å². The molecule has 1 aromatic heterocycles. The Labute approximate surface area is 154 Å². The van der Waals surface area contributed by atoms with Crippen molar-refractivity contribution in [1.29, 1.82) is 5.26 Å². The maximum atomic E-state index is 13.6. The van der Waals surface area contributed by atoms with E-state index in [-0.39, 0.29) is 29.1 Å². The zero-order valence-corrected chi connectivity index (χ0v) is 14.3. The number of halogens is 2. The van der Waals surface area contributed by atoms with Crippen molar-refractivity contribution in [3.63, 3.8) is 0 Å². The minimum Gasteiger partial charge on any atom is -0.476 e. The van der Waals surface area contributed by atoms with E-state index < -0.39 is 17.0 Å². The van der Waals surface area contributed by atoms with Gasteiger partial charge in [-0.25, -0.2) is 18.7 Å². The van der Waals surface area contributed by atoms with E-state index in [2.05, 4.69) is 15.3 Å². The van der Waals surface area contributed by atoms with Crippen LogP contribution in [0.2, 0.25) is 0 Å². The molecule has 1 heterocycles. The number of nitrogens with zero attached hydrogens (tertiary/aromatic N) is 3. The third-order valence-corrected chi connectivity index (χ3v) is 5.34. The van der Waals surface area contributed by atoms with Crippen molar-refractivity contribution in [2.24, 2.45) is 10.8 Å². The monoisotopic (exact) mass is 370 g/mol. The van der Waals surface area contributed by atoms with Crippen LogP contribution in [0.15, 0.2) is 30.6 Å². The van der Waals surface area contributed by atoms with Gasteiger partial charge in [0.2, 0.25) is 11.8 Å². The summed E-state index contributed by atoms with van der Waals surface area (Å²) in [6, 6.07) is 5.07. The van der Waals surface area contributed by atoms with Gasteiger partial charge in [-0.05, 0) is 37.5 Å². The predicted molar refractivity (Wildman–Crippen MR) is 89.2 cm³/mol. The average molecular weight is 370 g/mol. The molecule has 0 atom stereocenters. The van der Waals surface area contributed by atoms with Crippen LogP contribution in [0.5, 0.6) is 5.88 Å². The van der Waals surface area contributed by atoms with Crippen molar-refractivity contribution >= 4 is 5.91 Å². The number of benzene rings is 1. The molecule has 0 unspecified atom stereocenters. The quantitative estimate of drug-likeness (QED) is 0.844. The highest BCUT2D eigenvalue weighted by Gasteiger charge is 2.71. The molecular formula is C19H16F2N4O2.